The Bertz CT molecular complexity index is 382. The highest BCUT2D eigenvalue weighted by Crippen LogP contribution is 2.15. The summed E-state index contributed by atoms with van der Waals surface area (Å²) in [4.78, 5) is 11.4. The number of methoxy groups -OCH3 is 1. The molecule has 18 heavy (non-hydrogen) atoms. The molecule has 0 amide bonds. The van der Waals surface area contributed by atoms with Crippen LogP contribution in [0, 0.1) is 0 Å². The summed E-state index contributed by atoms with van der Waals surface area (Å²) in [7, 11) is 1.40. The van der Waals surface area contributed by atoms with Crippen LogP contribution in [-0.2, 0) is 4.74 Å². The van der Waals surface area contributed by atoms with Gasteiger partial charge in [-0.2, -0.15) is 0 Å². The Balaban J connectivity index is 0.00000144. The van der Waals surface area contributed by atoms with Gasteiger partial charge < -0.3 is 15.4 Å². The number of rotatable bonds is 2. The van der Waals surface area contributed by atoms with Crippen LogP contribution in [0.25, 0.3) is 0 Å². The van der Waals surface area contributed by atoms with E-state index in [-0.39, 0.29) is 36.8 Å². The van der Waals surface area contributed by atoms with Gasteiger partial charge in [-0.05, 0) is 17.7 Å². The maximum Gasteiger partial charge on any atom is 0.337 e. The second-order valence-corrected chi connectivity index (χ2v) is 3.83. The van der Waals surface area contributed by atoms with E-state index in [0.29, 0.717) is 5.56 Å². The van der Waals surface area contributed by atoms with E-state index in [9.17, 15) is 4.79 Å². The Kier molecular flexibility index (Phi) is 7.95. The van der Waals surface area contributed by atoms with Crippen molar-refractivity contribution in [2.45, 2.75) is 6.04 Å². The molecule has 0 aromatic heterocycles. The third-order valence-corrected chi connectivity index (χ3v) is 2.75. The summed E-state index contributed by atoms with van der Waals surface area (Å²) >= 11 is 0. The Labute approximate surface area is 119 Å². The number of carbonyl (C=O) groups excluding carboxylic acids is 1. The highest BCUT2D eigenvalue weighted by molar-refractivity contribution is 5.89. The van der Waals surface area contributed by atoms with Gasteiger partial charge in [0, 0.05) is 25.7 Å². The molecule has 1 aliphatic rings. The molecule has 1 aromatic carbocycles. The van der Waals surface area contributed by atoms with Crippen molar-refractivity contribution in [2.75, 3.05) is 26.7 Å². The van der Waals surface area contributed by atoms with E-state index in [1.54, 1.807) is 6.07 Å². The van der Waals surface area contributed by atoms with Crippen LogP contribution in [0.1, 0.15) is 22.0 Å². The molecule has 6 heteroatoms. The highest BCUT2D eigenvalue weighted by atomic mass is 35.5. The first-order chi connectivity index (χ1) is 7.81. The van der Waals surface area contributed by atoms with Crippen LogP contribution in [0.5, 0.6) is 0 Å². The summed E-state index contributed by atoms with van der Waals surface area (Å²) in [5.41, 5.74) is 1.72. The third-order valence-electron chi connectivity index (χ3n) is 2.75. The lowest BCUT2D eigenvalue weighted by Crippen LogP contribution is -2.42. The number of hydrogen-bond acceptors (Lipinski definition) is 4. The lowest BCUT2D eigenvalue weighted by Gasteiger charge is -2.25. The van der Waals surface area contributed by atoms with E-state index in [2.05, 4.69) is 10.6 Å². The van der Waals surface area contributed by atoms with Crippen LogP contribution >= 0.6 is 24.8 Å². The van der Waals surface area contributed by atoms with Crippen molar-refractivity contribution < 1.29 is 9.53 Å². The lowest BCUT2D eigenvalue weighted by atomic mass is 10.0. The summed E-state index contributed by atoms with van der Waals surface area (Å²) in [6.45, 7) is 2.84. The van der Waals surface area contributed by atoms with Gasteiger partial charge in [0.25, 0.3) is 0 Å². The van der Waals surface area contributed by atoms with E-state index in [1.807, 2.05) is 18.2 Å². The van der Waals surface area contributed by atoms with Crippen LogP contribution in [0.2, 0.25) is 0 Å². The molecule has 0 bridgehead atoms. The first-order valence-corrected chi connectivity index (χ1v) is 5.43. The van der Waals surface area contributed by atoms with Gasteiger partial charge in [-0.15, -0.1) is 24.8 Å². The standard InChI is InChI=1S/C12H16N2O2.2ClH/c1-16-12(15)10-4-2-3-9(7-10)11-8-13-5-6-14-11;;/h2-4,7,11,13-14H,5-6,8H2,1H3;2*1H. The van der Waals surface area contributed by atoms with Crippen molar-refractivity contribution in [1.29, 1.82) is 0 Å². The second kappa shape index (κ2) is 8.32. The smallest absolute Gasteiger partial charge is 0.337 e. The maximum absolute atomic E-state index is 11.4. The van der Waals surface area contributed by atoms with Crippen LogP contribution in [0.15, 0.2) is 24.3 Å². The first-order valence-electron chi connectivity index (χ1n) is 5.43. The highest BCUT2D eigenvalue weighted by Gasteiger charge is 2.15. The van der Waals surface area contributed by atoms with Crippen LogP contribution in [0.4, 0.5) is 0 Å². The molecule has 1 fully saturated rings. The molecule has 1 unspecified atom stereocenters. The number of hydrogen-bond donors (Lipinski definition) is 2. The van der Waals surface area contributed by atoms with Gasteiger partial charge >= 0.3 is 5.97 Å². The molecular weight excluding hydrogens is 275 g/mol. The molecule has 0 spiro atoms. The predicted molar refractivity (Wildman–Crippen MR) is 75.9 cm³/mol. The average molecular weight is 293 g/mol. The van der Waals surface area contributed by atoms with Crippen LogP contribution in [-0.4, -0.2) is 32.7 Å². The van der Waals surface area contributed by atoms with Crippen molar-refractivity contribution in [1.82, 2.24) is 10.6 Å². The number of esters is 1. The van der Waals surface area contributed by atoms with E-state index in [0.717, 1.165) is 25.2 Å². The van der Waals surface area contributed by atoms with Gasteiger partial charge in [0.1, 0.15) is 0 Å². The molecule has 1 saturated heterocycles. The molecule has 1 aliphatic heterocycles. The largest absolute Gasteiger partial charge is 0.465 e. The Morgan fingerprint density at radius 1 is 1.33 bits per heavy atom. The number of benzene rings is 1. The number of piperazine rings is 1. The number of ether oxygens (including phenoxy) is 1. The Morgan fingerprint density at radius 2 is 2.11 bits per heavy atom. The zero-order valence-electron chi connectivity index (χ0n) is 10.1. The van der Waals surface area contributed by atoms with Gasteiger partial charge in [-0.25, -0.2) is 4.79 Å². The molecule has 0 radical (unpaired) electrons. The predicted octanol–water partition coefficient (Wildman–Crippen LogP) is 1.55. The minimum absolute atomic E-state index is 0. The van der Waals surface area contributed by atoms with Gasteiger partial charge in [0.15, 0.2) is 0 Å². The van der Waals surface area contributed by atoms with Crippen molar-refractivity contribution in [3.8, 4) is 0 Å². The van der Waals surface area contributed by atoms with Gasteiger partial charge in [0.2, 0.25) is 0 Å². The zero-order chi connectivity index (χ0) is 11.4. The topological polar surface area (TPSA) is 50.4 Å². The molecule has 2 N–H and O–H groups in total. The number of carbonyl (C=O) groups is 1. The van der Waals surface area contributed by atoms with Crippen LogP contribution < -0.4 is 10.6 Å². The Morgan fingerprint density at radius 3 is 2.72 bits per heavy atom. The Hall–Kier alpha value is -0.810. The van der Waals surface area contributed by atoms with Crippen molar-refractivity contribution in [2.24, 2.45) is 0 Å². The minimum atomic E-state index is -0.286. The average Bonchev–Trinajstić information content (AvgIpc) is 2.39. The summed E-state index contributed by atoms with van der Waals surface area (Å²) in [6.07, 6.45) is 0. The molecule has 0 aliphatic carbocycles. The summed E-state index contributed by atoms with van der Waals surface area (Å²) in [5.74, 6) is -0.286. The fraction of sp³-hybridized carbons (Fsp3) is 0.417. The van der Waals surface area contributed by atoms with Crippen LogP contribution in [0.3, 0.4) is 0 Å². The molecule has 0 saturated carbocycles. The fourth-order valence-electron chi connectivity index (χ4n) is 1.89. The van der Waals surface area contributed by atoms with E-state index in [1.165, 1.54) is 7.11 Å². The second-order valence-electron chi connectivity index (χ2n) is 3.83. The molecule has 4 nitrogen and oxygen atoms in total. The normalized spacial score (nSPS) is 18.2. The molecular formula is C12H18Cl2N2O2. The summed E-state index contributed by atoms with van der Waals surface area (Å²) in [5, 5.41) is 6.72. The van der Waals surface area contributed by atoms with Crippen molar-refractivity contribution in [3.63, 3.8) is 0 Å². The van der Waals surface area contributed by atoms with Gasteiger partial charge in [0.05, 0.1) is 12.7 Å². The minimum Gasteiger partial charge on any atom is -0.465 e. The first kappa shape index (κ1) is 17.2. The zero-order valence-corrected chi connectivity index (χ0v) is 11.8. The summed E-state index contributed by atoms with van der Waals surface area (Å²) < 4.78 is 4.70. The van der Waals surface area contributed by atoms with E-state index < -0.39 is 0 Å². The molecule has 1 heterocycles. The van der Waals surface area contributed by atoms with Crippen molar-refractivity contribution >= 4 is 30.8 Å². The summed E-state index contributed by atoms with van der Waals surface area (Å²) in [6, 6.07) is 7.84. The van der Waals surface area contributed by atoms with E-state index in [4.69, 9.17) is 4.74 Å². The quantitative estimate of drug-likeness (QED) is 0.812. The SMILES string of the molecule is COC(=O)c1cccc(C2CNCCN2)c1.Cl.Cl. The number of halogens is 2. The monoisotopic (exact) mass is 292 g/mol. The molecule has 1 atom stereocenters. The third kappa shape index (κ3) is 4.14. The molecule has 2 rings (SSSR count). The van der Waals surface area contributed by atoms with E-state index >= 15 is 0 Å². The fourth-order valence-corrected chi connectivity index (χ4v) is 1.89. The van der Waals surface area contributed by atoms with Gasteiger partial charge in [-0.1, -0.05) is 12.1 Å². The van der Waals surface area contributed by atoms with Gasteiger partial charge in [-0.3, -0.25) is 0 Å². The lowest BCUT2D eigenvalue weighted by molar-refractivity contribution is 0.0600. The maximum atomic E-state index is 11.4. The number of nitrogens with one attached hydrogen (secondary N) is 2. The van der Waals surface area contributed by atoms with Crippen molar-refractivity contribution in [3.05, 3.63) is 35.4 Å². The molecule has 102 valence electrons. The molecule has 1 aromatic rings.